The molecule has 0 saturated heterocycles. The SMILES string of the molecule is C[C@H](Nc1nc2c(-c3cccc(Cl)c3)nnn2c2ccccc12)c1ccccc1. The van der Waals surface area contributed by atoms with Crippen molar-refractivity contribution in [2.75, 3.05) is 5.32 Å². The van der Waals surface area contributed by atoms with E-state index < -0.39 is 0 Å². The summed E-state index contributed by atoms with van der Waals surface area (Å²) in [5.41, 5.74) is 4.42. The third-order valence-corrected chi connectivity index (χ3v) is 5.24. The summed E-state index contributed by atoms with van der Waals surface area (Å²) < 4.78 is 1.78. The van der Waals surface area contributed by atoms with Crippen molar-refractivity contribution in [3.05, 3.63) is 89.4 Å². The van der Waals surface area contributed by atoms with Gasteiger partial charge in [-0.05, 0) is 36.8 Å². The maximum Gasteiger partial charge on any atom is 0.186 e. The van der Waals surface area contributed by atoms with Gasteiger partial charge in [-0.3, -0.25) is 0 Å². The number of halogens is 1. The fourth-order valence-corrected chi connectivity index (χ4v) is 3.72. The highest BCUT2D eigenvalue weighted by Gasteiger charge is 2.17. The molecule has 5 aromatic rings. The van der Waals surface area contributed by atoms with E-state index >= 15 is 0 Å². The van der Waals surface area contributed by atoms with Gasteiger partial charge in [0.25, 0.3) is 0 Å². The number of hydrogen-bond acceptors (Lipinski definition) is 4. The number of nitrogens with one attached hydrogen (secondary N) is 1. The summed E-state index contributed by atoms with van der Waals surface area (Å²) >= 11 is 6.19. The zero-order chi connectivity index (χ0) is 19.8. The molecule has 0 saturated carbocycles. The quantitative estimate of drug-likeness (QED) is 0.416. The Morgan fingerprint density at radius 2 is 1.72 bits per heavy atom. The van der Waals surface area contributed by atoms with Crippen LogP contribution in [0.1, 0.15) is 18.5 Å². The maximum atomic E-state index is 6.19. The molecule has 0 spiro atoms. The van der Waals surface area contributed by atoms with Gasteiger partial charge < -0.3 is 5.32 Å². The minimum absolute atomic E-state index is 0.0973. The second kappa shape index (κ2) is 7.18. The first-order chi connectivity index (χ1) is 14.2. The molecule has 142 valence electrons. The predicted molar refractivity (Wildman–Crippen MR) is 117 cm³/mol. The van der Waals surface area contributed by atoms with E-state index in [1.807, 2.05) is 66.7 Å². The largest absolute Gasteiger partial charge is 0.363 e. The number of anilines is 1. The lowest BCUT2D eigenvalue weighted by atomic mass is 10.1. The Morgan fingerprint density at radius 3 is 2.55 bits per heavy atom. The Hall–Kier alpha value is -3.44. The van der Waals surface area contributed by atoms with Crippen LogP contribution in [-0.4, -0.2) is 19.8 Å². The molecule has 29 heavy (non-hydrogen) atoms. The smallest absolute Gasteiger partial charge is 0.186 e. The minimum Gasteiger partial charge on any atom is -0.363 e. The van der Waals surface area contributed by atoms with Crippen LogP contribution in [0.3, 0.4) is 0 Å². The van der Waals surface area contributed by atoms with Crippen molar-refractivity contribution < 1.29 is 0 Å². The summed E-state index contributed by atoms with van der Waals surface area (Å²) in [5, 5.41) is 14.0. The lowest BCUT2D eigenvalue weighted by Gasteiger charge is -2.17. The van der Waals surface area contributed by atoms with Crippen LogP contribution in [0.25, 0.3) is 27.8 Å². The normalized spacial score (nSPS) is 12.3. The Kier molecular flexibility index (Phi) is 4.37. The first-order valence-electron chi connectivity index (χ1n) is 9.42. The Bertz CT molecular complexity index is 1310. The summed E-state index contributed by atoms with van der Waals surface area (Å²) in [6.45, 7) is 2.13. The van der Waals surface area contributed by atoms with Gasteiger partial charge in [-0.2, -0.15) is 4.52 Å². The summed E-state index contributed by atoms with van der Waals surface area (Å²) in [4.78, 5) is 4.92. The molecule has 0 aliphatic carbocycles. The second-order valence-corrected chi connectivity index (χ2v) is 7.37. The van der Waals surface area contributed by atoms with Crippen LogP contribution < -0.4 is 5.32 Å². The molecule has 6 heteroatoms. The van der Waals surface area contributed by atoms with Gasteiger partial charge >= 0.3 is 0 Å². The molecule has 0 fully saturated rings. The van der Waals surface area contributed by atoms with E-state index in [-0.39, 0.29) is 6.04 Å². The molecule has 0 amide bonds. The summed E-state index contributed by atoms with van der Waals surface area (Å²) in [7, 11) is 0. The fourth-order valence-electron chi connectivity index (χ4n) is 3.53. The van der Waals surface area contributed by atoms with Crippen LogP contribution in [0, 0.1) is 0 Å². The fraction of sp³-hybridized carbons (Fsp3) is 0.0870. The van der Waals surface area contributed by atoms with E-state index in [4.69, 9.17) is 16.6 Å². The van der Waals surface area contributed by atoms with Crippen molar-refractivity contribution in [3.63, 3.8) is 0 Å². The molecule has 1 atom stereocenters. The molecule has 0 aliphatic rings. The first-order valence-corrected chi connectivity index (χ1v) is 9.80. The average Bonchev–Trinajstić information content (AvgIpc) is 3.18. The van der Waals surface area contributed by atoms with Crippen LogP contribution in [0.2, 0.25) is 5.02 Å². The third kappa shape index (κ3) is 3.19. The number of aromatic nitrogens is 4. The van der Waals surface area contributed by atoms with E-state index in [9.17, 15) is 0 Å². The van der Waals surface area contributed by atoms with Crippen molar-refractivity contribution >= 4 is 34.0 Å². The van der Waals surface area contributed by atoms with Gasteiger partial charge in [0.05, 0.1) is 5.52 Å². The van der Waals surface area contributed by atoms with Gasteiger partial charge in [0.15, 0.2) is 5.65 Å². The average molecular weight is 400 g/mol. The van der Waals surface area contributed by atoms with Crippen molar-refractivity contribution in [1.29, 1.82) is 0 Å². The molecule has 2 aromatic heterocycles. The van der Waals surface area contributed by atoms with Crippen LogP contribution >= 0.6 is 11.6 Å². The predicted octanol–water partition coefficient (Wildman–Crippen LogP) is 5.77. The molecule has 0 unspecified atom stereocenters. The minimum atomic E-state index is 0.0973. The monoisotopic (exact) mass is 399 g/mol. The lowest BCUT2D eigenvalue weighted by molar-refractivity contribution is 0.862. The van der Waals surface area contributed by atoms with Crippen LogP contribution in [-0.2, 0) is 0 Å². The van der Waals surface area contributed by atoms with Gasteiger partial charge in [0, 0.05) is 22.0 Å². The number of fused-ring (bicyclic) bond motifs is 3. The molecule has 3 aromatic carbocycles. The van der Waals surface area contributed by atoms with Crippen LogP contribution in [0.5, 0.6) is 0 Å². The standard InChI is InChI=1S/C23H18ClN5/c1-15(16-8-3-2-4-9-16)25-22-19-12-5-6-13-20(19)29-23(26-22)21(27-28-29)17-10-7-11-18(24)14-17/h2-15H,1H3,(H,25,26)/t15-/m0/s1. The van der Waals surface area contributed by atoms with Gasteiger partial charge in [0.2, 0.25) is 0 Å². The summed E-state index contributed by atoms with van der Waals surface area (Å²) in [5.74, 6) is 0.801. The molecular formula is C23H18ClN5. The number of para-hydroxylation sites is 1. The van der Waals surface area contributed by atoms with E-state index in [2.05, 4.69) is 34.7 Å². The topological polar surface area (TPSA) is 55.1 Å². The molecule has 0 radical (unpaired) electrons. The maximum absolute atomic E-state index is 6.19. The molecule has 1 N–H and O–H groups in total. The van der Waals surface area contributed by atoms with E-state index in [0.717, 1.165) is 22.3 Å². The van der Waals surface area contributed by atoms with Gasteiger partial charge in [-0.25, -0.2) is 4.98 Å². The molecule has 2 heterocycles. The zero-order valence-corrected chi connectivity index (χ0v) is 16.5. The van der Waals surface area contributed by atoms with Gasteiger partial charge in [-0.1, -0.05) is 71.4 Å². The summed E-state index contributed by atoms with van der Waals surface area (Å²) in [6.07, 6.45) is 0. The summed E-state index contributed by atoms with van der Waals surface area (Å²) in [6, 6.07) is 26.1. The van der Waals surface area contributed by atoms with E-state index in [1.54, 1.807) is 4.52 Å². The van der Waals surface area contributed by atoms with Crippen LogP contribution in [0.15, 0.2) is 78.9 Å². The number of rotatable bonds is 4. The van der Waals surface area contributed by atoms with E-state index in [0.29, 0.717) is 16.4 Å². The van der Waals surface area contributed by atoms with Crippen molar-refractivity contribution in [2.45, 2.75) is 13.0 Å². The number of benzene rings is 3. The zero-order valence-electron chi connectivity index (χ0n) is 15.7. The molecular weight excluding hydrogens is 382 g/mol. The number of hydrogen-bond donors (Lipinski definition) is 1. The molecule has 0 bridgehead atoms. The Morgan fingerprint density at radius 1 is 0.931 bits per heavy atom. The molecule has 5 rings (SSSR count). The highest BCUT2D eigenvalue weighted by molar-refractivity contribution is 6.30. The highest BCUT2D eigenvalue weighted by Crippen LogP contribution is 2.30. The number of nitrogens with zero attached hydrogens (tertiary/aromatic N) is 4. The Labute approximate surface area is 173 Å². The highest BCUT2D eigenvalue weighted by atomic mass is 35.5. The van der Waals surface area contributed by atoms with Gasteiger partial charge in [-0.15, -0.1) is 5.10 Å². The van der Waals surface area contributed by atoms with Gasteiger partial charge in [0.1, 0.15) is 11.5 Å². The van der Waals surface area contributed by atoms with Crippen molar-refractivity contribution in [2.24, 2.45) is 0 Å². The molecule has 0 aliphatic heterocycles. The van der Waals surface area contributed by atoms with Crippen molar-refractivity contribution in [3.8, 4) is 11.3 Å². The first kappa shape index (κ1) is 17.6. The third-order valence-electron chi connectivity index (χ3n) is 5.00. The van der Waals surface area contributed by atoms with E-state index in [1.165, 1.54) is 5.56 Å². The lowest BCUT2D eigenvalue weighted by Crippen LogP contribution is -2.09. The second-order valence-electron chi connectivity index (χ2n) is 6.94. The molecule has 5 nitrogen and oxygen atoms in total. The van der Waals surface area contributed by atoms with Crippen LogP contribution in [0.4, 0.5) is 5.82 Å². The Balaban J connectivity index is 1.69. The van der Waals surface area contributed by atoms with Crippen molar-refractivity contribution in [1.82, 2.24) is 19.8 Å².